The third-order valence-corrected chi connectivity index (χ3v) is 4.39. The molecule has 0 aliphatic carbocycles. The Morgan fingerprint density at radius 1 is 1.17 bits per heavy atom. The van der Waals surface area contributed by atoms with E-state index < -0.39 is 0 Å². The summed E-state index contributed by atoms with van der Waals surface area (Å²) in [6.45, 7) is 9.89. The van der Waals surface area contributed by atoms with Crippen molar-refractivity contribution in [1.29, 1.82) is 0 Å². The number of nitrogens with zero attached hydrogens (tertiary/aromatic N) is 1. The molecule has 1 aromatic carbocycles. The Kier molecular flexibility index (Phi) is 5.17. The minimum atomic E-state index is 0.977. The minimum Gasteiger partial charge on any atom is -0.311 e. The first-order valence-corrected chi connectivity index (χ1v) is 7.61. The Morgan fingerprint density at radius 2 is 1.94 bits per heavy atom. The van der Waals surface area contributed by atoms with Crippen LogP contribution in [0.1, 0.15) is 19.4 Å². The summed E-state index contributed by atoms with van der Waals surface area (Å²) in [5.74, 6) is 0. The molecule has 0 aliphatic heterocycles. The Balaban J connectivity index is 1.83. The first-order valence-electron chi connectivity index (χ1n) is 6.73. The molecule has 0 unspecified atom stereocenters. The SMILES string of the molecule is CCN(CC)CCNCc1csc2ccccc12. The van der Waals surface area contributed by atoms with Crippen LogP contribution in [0, 0.1) is 0 Å². The van der Waals surface area contributed by atoms with Crippen molar-refractivity contribution in [3.63, 3.8) is 0 Å². The zero-order valence-corrected chi connectivity index (χ0v) is 12.1. The highest BCUT2D eigenvalue weighted by atomic mass is 32.1. The smallest absolute Gasteiger partial charge is 0.0346 e. The van der Waals surface area contributed by atoms with E-state index in [-0.39, 0.29) is 0 Å². The van der Waals surface area contributed by atoms with Gasteiger partial charge in [-0.25, -0.2) is 0 Å². The van der Waals surface area contributed by atoms with Crippen molar-refractivity contribution in [3.8, 4) is 0 Å². The van der Waals surface area contributed by atoms with Crippen molar-refractivity contribution in [2.45, 2.75) is 20.4 Å². The maximum absolute atomic E-state index is 3.54. The van der Waals surface area contributed by atoms with Crippen molar-refractivity contribution in [3.05, 3.63) is 35.2 Å². The molecule has 1 heterocycles. The molecule has 0 radical (unpaired) electrons. The van der Waals surface area contributed by atoms with Crippen LogP contribution in [0.3, 0.4) is 0 Å². The molecule has 0 amide bonds. The van der Waals surface area contributed by atoms with E-state index in [2.05, 4.69) is 53.7 Å². The van der Waals surface area contributed by atoms with Crippen molar-refractivity contribution in [1.82, 2.24) is 10.2 Å². The summed E-state index contributed by atoms with van der Waals surface area (Å²) in [7, 11) is 0. The van der Waals surface area contributed by atoms with Gasteiger partial charge in [-0.15, -0.1) is 11.3 Å². The molecule has 2 aromatic rings. The van der Waals surface area contributed by atoms with Gasteiger partial charge in [0.05, 0.1) is 0 Å². The fourth-order valence-corrected chi connectivity index (χ4v) is 3.13. The average molecular weight is 262 g/mol. The van der Waals surface area contributed by atoms with Gasteiger partial charge in [-0.05, 0) is 35.5 Å². The van der Waals surface area contributed by atoms with Crippen LogP contribution >= 0.6 is 11.3 Å². The number of likely N-dealkylation sites (N-methyl/N-ethyl adjacent to an activating group) is 1. The molecule has 0 saturated carbocycles. The van der Waals surface area contributed by atoms with E-state index >= 15 is 0 Å². The second-order valence-corrected chi connectivity index (χ2v) is 5.37. The van der Waals surface area contributed by atoms with Gasteiger partial charge >= 0.3 is 0 Å². The van der Waals surface area contributed by atoms with E-state index in [0.717, 1.165) is 32.7 Å². The number of nitrogens with one attached hydrogen (secondary N) is 1. The van der Waals surface area contributed by atoms with Gasteiger partial charge in [0.2, 0.25) is 0 Å². The second-order valence-electron chi connectivity index (χ2n) is 4.46. The Morgan fingerprint density at radius 3 is 2.72 bits per heavy atom. The van der Waals surface area contributed by atoms with Crippen LogP contribution in [0.25, 0.3) is 10.1 Å². The minimum absolute atomic E-state index is 0.977. The lowest BCUT2D eigenvalue weighted by Crippen LogP contribution is -2.31. The average Bonchev–Trinajstić information content (AvgIpc) is 2.82. The highest BCUT2D eigenvalue weighted by molar-refractivity contribution is 7.17. The lowest BCUT2D eigenvalue weighted by molar-refractivity contribution is 0.302. The molecule has 2 nitrogen and oxygen atoms in total. The third kappa shape index (κ3) is 3.31. The Hall–Kier alpha value is -0.900. The molecule has 2 rings (SSSR count). The predicted molar refractivity (Wildman–Crippen MR) is 81.3 cm³/mol. The maximum Gasteiger partial charge on any atom is 0.0346 e. The van der Waals surface area contributed by atoms with E-state index in [9.17, 15) is 0 Å². The van der Waals surface area contributed by atoms with Crippen molar-refractivity contribution < 1.29 is 0 Å². The highest BCUT2D eigenvalue weighted by Crippen LogP contribution is 2.25. The number of benzene rings is 1. The third-order valence-electron chi connectivity index (χ3n) is 3.38. The summed E-state index contributed by atoms with van der Waals surface area (Å²) in [6.07, 6.45) is 0. The standard InChI is InChI=1S/C15H22N2S/c1-3-17(4-2)10-9-16-11-13-12-18-15-8-6-5-7-14(13)15/h5-8,12,16H,3-4,9-11H2,1-2H3. The number of hydrogen-bond acceptors (Lipinski definition) is 3. The maximum atomic E-state index is 3.54. The number of hydrogen-bond donors (Lipinski definition) is 1. The van der Waals surface area contributed by atoms with Crippen molar-refractivity contribution >= 4 is 21.4 Å². The number of fused-ring (bicyclic) bond motifs is 1. The zero-order valence-electron chi connectivity index (χ0n) is 11.3. The van der Waals surface area contributed by atoms with Crippen molar-refractivity contribution in [2.24, 2.45) is 0 Å². The Bertz CT molecular complexity index is 474. The van der Waals surface area contributed by atoms with Crippen molar-refractivity contribution in [2.75, 3.05) is 26.2 Å². The lowest BCUT2D eigenvalue weighted by atomic mass is 10.2. The highest BCUT2D eigenvalue weighted by Gasteiger charge is 2.03. The molecule has 0 aliphatic rings. The lowest BCUT2D eigenvalue weighted by Gasteiger charge is -2.17. The summed E-state index contributed by atoms with van der Waals surface area (Å²) in [5.41, 5.74) is 1.43. The summed E-state index contributed by atoms with van der Waals surface area (Å²) >= 11 is 1.84. The molecule has 1 aromatic heterocycles. The predicted octanol–water partition coefficient (Wildman–Crippen LogP) is 3.33. The van der Waals surface area contributed by atoms with Gasteiger partial charge in [-0.3, -0.25) is 0 Å². The molecule has 0 saturated heterocycles. The second kappa shape index (κ2) is 6.88. The van der Waals surface area contributed by atoms with E-state index in [1.54, 1.807) is 0 Å². The van der Waals surface area contributed by atoms with Crippen LogP contribution in [0.4, 0.5) is 0 Å². The summed E-state index contributed by atoms with van der Waals surface area (Å²) in [6, 6.07) is 8.64. The molecule has 18 heavy (non-hydrogen) atoms. The largest absolute Gasteiger partial charge is 0.311 e. The molecule has 0 spiro atoms. The molecule has 3 heteroatoms. The normalized spacial score (nSPS) is 11.5. The summed E-state index contributed by atoms with van der Waals surface area (Å²) in [5, 5.41) is 7.22. The summed E-state index contributed by atoms with van der Waals surface area (Å²) < 4.78 is 1.39. The fraction of sp³-hybridized carbons (Fsp3) is 0.467. The van der Waals surface area contributed by atoms with Gasteiger partial charge in [0, 0.05) is 24.3 Å². The molecule has 98 valence electrons. The monoisotopic (exact) mass is 262 g/mol. The van der Waals surface area contributed by atoms with Crippen LogP contribution < -0.4 is 5.32 Å². The van der Waals surface area contributed by atoms with Gasteiger partial charge in [0.25, 0.3) is 0 Å². The van der Waals surface area contributed by atoms with Crippen LogP contribution in [0.5, 0.6) is 0 Å². The molecule has 1 N–H and O–H groups in total. The van der Waals surface area contributed by atoms with Crippen LogP contribution in [-0.4, -0.2) is 31.1 Å². The van der Waals surface area contributed by atoms with E-state index in [1.165, 1.54) is 15.6 Å². The van der Waals surface area contributed by atoms with Gasteiger partial charge in [-0.1, -0.05) is 32.0 Å². The van der Waals surface area contributed by atoms with E-state index in [4.69, 9.17) is 0 Å². The van der Waals surface area contributed by atoms with Gasteiger partial charge in [0.1, 0.15) is 0 Å². The molecular weight excluding hydrogens is 240 g/mol. The quantitative estimate of drug-likeness (QED) is 0.770. The molecule has 0 bridgehead atoms. The first kappa shape index (κ1) is 13.5. The van der Waals surface area contributed by atoms with Crippen LogP contribution in [-0.2, 0) is 6.54 Å². The van der Waals surface area contributed by atoms with Gasteiger partial charge in [0.15, 0.2) is 0 Å². The van der Waals surface area contributed by atoms with Crippen LogP contribution in [0.2, 0.25) is 0 Å². The first-order chi connectivity index (χ1) is 8.85. The fourth-order valence-electron chi connectivity index (χ4n) is 2.17. The van der Waals surface area contributed by atoms with E-state index in [1.807, 2.05) is 11.3 Å². The molecule has 0 atom stereocenters. The van der Waals surface area contributed by atoms with Gasteiger partial charge < -0.3 is 10.2 Å². The van der Waals surface area contributed by atoms with Crippen LogP contribution in [0.15, 0.2) is 29.6 Å². The molecule has 0 fully saturated rings. The summed E-state index contributed by atoms with van der Waals surface area (Å²) in [4.78, 5) is 2.44. The molecular formula is C15H22N2S. The Labute approximate surface area is 114 Å². The topological polar surface area (TPSA) is 15.3 Å². The van der Waals surface area contributed by atoms with E-state index in [0.29, 0.717) is 0 Å². The number of rotatable bonds is 7. The number of thiophene rings is 1. The zero-order chi connectivity index (χ0) is 12.8. The van der Waals surface area contributed by atoms with Gasteiger partial charge in [-0.2, -0.15) is 0 Å².